The van der Waals surface area contributed by atoms with Gasteiger partial charge in [-0.3, -0.25) is 9.69 Å². The van der Waals surface area contributed by atoms with Crippen molar-refractivity contribution in [3.05, 3.63) is 41.6 Å². The predicted molar refractivity (Wildman–Crippen MR) is 93.6 cm³/mol. The van der Waals surface area contributed by atoms with E-state index in [1.54, 1.807) is 0 Å². The number of carbonyl (C=O) groups is 1. The first kappa shape index (κ1) is 14.3. The summed E-state index contributed by atoms with van der Waals surface area (Å²) in [4.78, 5) is 18.2. The summed E-state index contributed by atoms with van der Waals surface area (Å²) in [6.45, 7) is 0.793. The molecule has 4 heteroatoms. The Bertz CT molecular complexity index is 846. The third kappa shape index (κ3) is 1.92. The Hall–Kier alpha value is -2.07. The maximum absolute atomic E-state index is 12.3. The van der Waals surface area contributed by atoms with Gasteiger partial charge in [0.25, 0.3) is 0 Å². The molecular formula is C20H22N2O2. The minimum absolute atomic E-state index is 0.114. The van der Waals surface area contributed by atoms with Crippen LogP contribution in [-0.4, -0.2) is 41.6 Å². The molecule has 0 amide bonds. The van der Waals surface area contributed by atoms with E-state index in [1.165, 1.54) is 54.0 Å². The molecule has 1 aromatic carbocycles. The second-order valence-electron chi connectivity index (χ2n) is 7.30. The van der Waals surface area contributed by atoms with Crippen molar-refractivity contribution in [1.29, 1.82) is 0 Å². The molecule has 3 aliphatic rings. The molecule has 1 aromatic heterocycles. The van der Waals surface area contributed by atoms with Gasteiger partial charge >= 0.3 is 5.97 Å². The second-order valence-corrected chi connectivity index (χ2v) is 7.30. The Kier molecular flexibility index (Phi) is 3.10. The fourth-order valence-corrected chi connectivity index (χ4v) is 4.69. The number of carbonyl (C=O) groups excluding carboxylic acids is 1. The number of nitrogens with zero attached hydrogens (tertiary/aromatic N) is 1. The molecule has 1 fully saturated rings. The normalized spacial score (nSPS) is 26.6. The van der Waals surface area contributed by atoms with Crippen LogP contribution in [0.15, 0.2) is 30.5 Å². The maximum atomic E-state index is 12.3. The molecule has 2 aromatic rings. The van der Waals surface area contributed by atoms with Crippen LogP contribution in [0.3, 0.4) is 0 Å². The van der Waals surface area contributed by atoms with E-state index in [2.05, 4.69) is 40.4 Å². The lowest BCUT2D eigenvalue weighted by Crippen LogP contribution is -2.53. The minimum atomic E-state index is -0.155. The lowest BCUT2D eigenvalue weighted by atomic mass is 9.77. The molecular weight excluding hydrogens is 300 g/mol. The van der Waals surface area contributed by atoms with E-state index in [1.807, 2.05) is 0 Å². The first-order valence-electron chi connectivity index (χ1n) is 8.91. The van der Waals surface area contributed by atoms with Gasteiger partial charge in [0.05, 0.1) is 13.0 Å². The number of hydrogen-bond donors (Lipinski definition) is 1. The molecule has 124 valence electrons. The molecule has 0 spiro atoms. The van der Waals surface area contributed by atoms with Gasteiger partial charge in [-0.2, -0.15) is 0 Å². The molecule has 1 aliphatic heterocycles. The number of methoxy groups -OCH3 is 1. The van der Waals surface area contributed by atoms with Gasteiger partial charge < -0.3 is 9.72 Å². The van der Waals surface area contributed by atoms with Gasteiger partial charge in [-0.1, -0.05) is 24.6 Å². The highest BCUT2D eigenvalue weighted by Crippen LogP contribution is 2.43. The highest BCUT2D eigenvalue weighted by molar-refractivity contribution is 5.99. The molecule has 4 nitrogen and oxygen atoms in total. The van der Waals surface area contributed by atoms with Crippen LogP contribution in [0, 0.1) is 5.92 Å². The quantitative estimate of drug-likeness (QED) is 0.864. The third-order valence-electron chi connectivity index (χ3n) is 6.11. The van der Waals surface area contributed by atoms with Gasteiger partial charge in [0.15, 0.2) is 0 Å². The molecule has 0 saturated heterocycles. The van der Waals surface area contributed by atoms with Gasteiger partial charge in [0.2, 0.25) is 0 Å². The third-order valence-corrected chi connectivity index (χ3v) is 6.11. The number of rotatable bonds is 2. The summed E-state index contributed by atoms with van der Waals surface area (Å²) in [5.74, 6) is -0.269. The number of aromatic nitrogens is 1. The number of nitrogens with one attached hydrogen (secondary N) is 1. The van der Waals surface area contributed by atoms with Gasteiger partial charge in [-0.05, 0) is 42.0 Å². The summed E-state index contributed by atoms with van der Waals surface area (Å²) in [6, 6.07) is 7.45. The van der Waals surface area contributed by atoms with Crippen LogP contribution in [0.25, 0.3) is 16.5 Å². The Labute approximate surface area is 141 Å². The van der Waals surface area contributed by atoms with Crippen molar-refractivity contribution in [2.75, 3.05) is 13.7 Å². The molecule has 2 atom stereocenters. The van der Waals surface area contributed by atoms with Crippen molar-refractivity contribution >= 4 is 22.4 Å². The van der Waals surface area contributed by atoms with E-state index in [0.29, 0.717) is 12.1 Å². The zero-order valence-corrected chi connectivity index (χ0v) is 13.9. The van der Waals surface area contributed by atoms with Crippen LogP contribution in [0.4, 0.5) is 0 Å². The highest BCUT2D eigenvalue weighted by atomic mass is 16.5. The van der Waals surface area contributed by atoms with Gasteiger partial charge in [0.1, 0.15) is 0 Å². The number of esters is 1. The van der Waals surface area contributed by atoms with Crippen LogP contribution < -0.4 is 0 Å². The average molecular weight is 322 g/mol. The van der Waals surface area contributed by atoms with Gasteiger partial charge in [0, 0.05) is 35.7 Å². The minimum Gasteiger partial charge on any atom is -0.469 e. The Balaban J connectivity index is 1.66. The van der Waals surface area contributed by atoms with E-state index in [0.717, 1.165) is 13.0 Å². The molecule has 2 heterocycles. The number of ether oxygens (including phenoxy) is 1. The van der Waals surface area contributed by atoms with Crippen molar-refractivity contribution < 1.29 is 9.53 Å². The number of hydrogen-bond acceptors (Lipinski definition) is 3. The molecule has 1 saturated carbocycles. The van der Waals surface area contributed by atoms with Crippen molar-refractivity contribution in [3.63, 3.8) is 0 Å². The molecule has 2 aliphatic carbocycles. The average Bonchev–Trinajstić information content (AvgIpc) is 2.97. The molecule has 1 unspecified atom stereocenters. The fourth-order valence-electron chi connectivity index (χ4n) is 4.69. The Morgan fingerprint density at radius 3 is 2.96 bits per heavy atom. The van der Waals surface area contributed by atoms with Gasteiger partial charge in [-0.15, -0.1) is 0 Å². The van der Waals surface area contributed by atoms with E-state index in [4.69, 9.17) is 4.74 Å². The zero-order chi connectivity index (χ0) is 16.3. The summed E-state index contributed by atoms with van der Waals surface area (Å²) in [5.41, 5.74) is 5.21. The molecule has 5 rings (SSSR count). The van der Waals surface area contributed by atoms with Crippen molar-refractivity contribution in [2.45, 2.75) is 37.8 Å². The summed E-state index contributed by atoms with van der Waals surface area (Å²) >= 11 is 0. The van der Waals surface area contributed by atoms with Crippen LogP contribution in [0.2, 0.25) is 0 Å². The predicted octanol–water partition coefficient (Wildman–Crippen LogP) is 3.13. The highest BCUT2D eigenvalue weighted by Gasteiger charge is 2.41. The molecule has 24 heavy (non-hydrogen) atoms. The first-order valence-corrected chi connectivity index (χ1v) is 8.91. The summed E-state index contributed by atoms with van der Waals surface area (Å²) in [6.07, 6.45) is 9.18. The largest absolute Gasteiger partial charge is 0.469 e. The molecule has 0 bridgehead atoms. The van der Waals surface area contributed by atoms with E-state index in [9.17, 15) is 4.79 Å². The van der Waals surface area contributed by atoms with Crippen LogP contribution in [-0.2, 0) is 16.0 Å². The monoisotopic (exact) mass is 322 g/mol. The fraction of sp³-hybridized carbons (Fsp3) is 0.450. The zero-order valence-electron chi connectivity index (χ0n) is 13.9. The van der Waals surface area contributed by atoms with Crippen LogP contribution >= 0.6 is 0 Å². The molecule has 0 radical (unpaired) electrons. The maximum Gasteiger partial charge on any atom is 0.313 e. The van der Waals surface area contributed by atoms with E-state index in [-0.39, 0.29) is 11.9 Å². The summed E-state index contributed by atoms with van der Waals surface area (Å²) in [5, 5.41) is 1.33. The van der Waals surface area contributed by atoms with Crippen molar-refractivity contribution in [3.8, 4) is 0 Å². The lowest BCUT2D eigenvalue weighted by molar-refractivity contribution is -0.145. The van der Waals surface area contributed by atoms with Crippen molar-refractivity contribution in [1.82, 2.24) is 9.88 Å². The Morgan fingerprint density at radius 2 is 2.21 bits per heavy atom. The standard InChI is InChI=1S/C20H22N2O2/c1-24-20(23)13-8-16-15-6-3-7-17-19(15)12(10-21-17)9-18(16)22(11-13)14-4-2-5-14/h3,6-8,10,13-14,18,21H,2,4-5,9,11H2,1H3/t13?,18-/m1/s1. The molecule has 1 N–H and O–H groups in total. The van der Waals surface area contributed by atoms with Crippen molar-refractivity contribution in [2.24, 2.45) is 5.92 Å². The second kappa shape index (κ2) is 5.21. The smallest absolute Gasteiger partial charge is 0.313 e. The number of benzene rings is 1. The van der Waals surface area contributed by atoms with E-state index >= 15 is 0 Å². The van der Waals surface area contributed by atoms with Gasteiger partial charge in [-0.25, -0.2) is 0 Å². The Morgan fingerprint density at radius 1 is 1.33 bits per heavy atom. The SMILES string of the molecule is COC(=O)C1C=C2c3cccc4[nH]cc(c34)C[C@H]2N(C2CCC2)C1. The lowest BCUT2D eigenvalue weighted by Gasteiger charge is -2.48. The number of H-pyrrole nitrogens is 1. The topological polar surface area (TPSA) is 45.3 Å². The summed E-state index contributed by atoms with van der Waals surface area (Å²) < 4.78 is 5.06. The van der Waals surface area contributed by atoms with Crippen LogP contribution in [0.5, 0.6) is 0 Å². The first-order chi connectivity index (χ1) is 11.8. The van der Waals surface area contributed by atoms with E-state index < -0.39 is 0 Å². The number of fused-ring (bicyclic) bond motifs is 2. The number of aromatic amines is 1. The van der Waals surface area contributed by atoms with Crippen LogP contribution in [0.1, 0.15) is 30.4 Å². The summed E-state index contributed by atoms with van der Waals surface area (Å²) in [7, 11) is 1.49.